The Hall–Kier alpha value is -2.33. The maximum Gasteiger partial charge on any atom is 0.205 e. The number of fused-ring (bicyclic) bond motifs is 2. The fraction of sp³-hybridized carbons (Fsp3) is 0.0625. The summed E-state index contributed by atoms with van der Waals surface area (Å²) in [5, 5.41) is 3.34. The summed E-state index contributed by atoms with van der Waals surface area (Å²) in [4.78, 5) is 4.46. The van der Waals surface area contributed by atoms with E-state index in [-0.39, 0.29) is 0 Å². The van der Waals surface area contributed by atoms with Crippen LogP contribution in [0.3, 0.4) is 0 Å². The Bertz CT molecular complexity index is 933. The van der Waals surface area contributed by atoms with Crippen LogP contribution in [0, 0.1) is 6.92 Å². The maximum atomic E-state index is 6.11. The van der Waals surface area contributed by atoms with Gasteiger partial charge in [0.05, 0.1) is 11.0 Å². The molecule has 4 rings (SSSR count). The lowest BCUT2D eigenvalue weighted by Gasteiger charge is -2.06. The molecule has 3 nitrogen and oxygen atoms in total. The number of thiophene rings is 1. The normalized spacial score (nSPS) is 11.4. The summed E-state index contributed by atoms with van der Waals surface area (Å²) in [6.07, 6.45) is 0. The van der Waals surface area contributed by atoms with Gasteiger partial charge in [-0.3, -0.25) is 4.57 Å². The van der Waals surface area contributed by atoms with Crippen molar-refractivity contribution < 1.29 is 0 Å². The topological polar surface area (TPSA) is 43.8 Å². The Morgan fingerprint density at radius 3 is 2.90 bits per heavy atom. The molecule has 0 amide bonds. The quantitative estimate of drug-likeness (QED) is 0.569. The summed E-state index contributed by atoms with van der Waals surface area (Å²) in [7, 11) is 0. The van der Waals surface area contributed by atoms with Crippen LogP contribution in [0.25, 0.3) is 26.8 Å². The smallest absolute Gasteiger partial charge is 0.205 e. The van der Waals surface area contributed by atoms with E-state index in [1.807, 2.05) is 4.57 Å². The van der Waals surface area contributed by atoms with Gasteiger partial charge in [-0.15, -0.1) is 11.3 Å². The Labute approximate surface area is 120 Å². The van der Waals surface area contributed by atoms with Crippen LogP contribution < -0.4 is 5.73 Å². The number of nitrogens with two attached hydrogens (primary N) is 1. The minimum Gasteiger partial charge on any atom is -0.369 e. The second-order valence-corrected chi connectivity index (χ2v) is 5.89. The van der Waals surface area contributed by atoms with E-state index in [1.54, 1.807) is 11.3 Å². The van der Waals surface area contributed by atoms with Gasteiger partial charge in [0.2, 0.25) is 5.95 Å². The molecular weight excluding hydrogens is 266 g/mol. The van der Waals surface area contributed by atoms with Crippen molar-refractivity contribution in [2.45, 2.75) is 6.92 Å². The number of rotatable bonds is 1. The van der Waals surface area contributed by atoms with Crippen molar-refractivity contribution in [1.82, 2.24) is 9.55 Å². The van der Waals surface area contributed by atoms with Crippen LogP contribution in [0.2, 0.25) is 0 Å². The zero-order valence-electron chi connectivity index (χ0n) is 11.0. The molecule has 0 aliphatic rings. The van der Waals surface area contributed by atoms with Crippen LogP contribution in [-0.2, 0) is 0 Å². The first-order valence-electron chi connectivity index (χ1n) is 6.44. The molecule has 0 fully saturated rings. The van der Waals surface area contributed by atoms with E-state index >= 15 is 0 Å². The van der Waals surface area contributed by atoms with Gasteiger partial charge in [0.25, 0.3) is 0 Å². The average Bonchev–Trinajstić information content (AvgIpc) is 3.00. The monoisotopic (exact) mass is 279 g/mol. The number of aromatic nitrogens is 2. The average molecular weight is 279 g/mol. The number of nitrogens with zero attached hydrogens (tertiary/aromatic N) is 2. The van der Waals surface area contributed by atoms with Gasteiger partial charge in [0, 0.05) is 10.4 Å². The van der Waals surface area contributed by atoms with E-state index in [1.165, 1.54) is 15.6 Å². The molecule has 2 aromatic carbocycles. The molecule has 0 aliphatic heterocycles. The van der Waals surface area contributed by atoms with Crippen LogP contribution in [0.1, 0.15) is 5.56 Å². The molecule has 2 aromatic heterocycles. The molecule has 0 aliphatic carbocycles. The molecule has 0 spiro atoms. The lowest BCUT2D eigenvalue weighted by Crippen LogP contribution is -2.00. The van der Waals surface area contributed by atoms with Gasteiger partial charge in [-0.1, -0.05) is 6.07 Å². The van der Waals surface area contributed by atoms with Crippen molar-refractivity contribution >= 4 is 38.4 Å². The van der Waals surface area contributed by atoms with Crippen LogP contribution in [0.4, 0.5) is 5.95 Å². The summed E-state index contributed by atoms with van der Waals surface area (Å²) in [6.45, 7) is 2.06. The van der Waals surface area contributed by atoms with E-state index in [0.717, 1.165) is 16.7 Å². The molecule has 0 atom stereocenters. The molecule has 2 heterocycles. The van der Waals surface area contributed by atoms with Crippen LogP contribution in [-0.4, -0.2) is 9.55 Å². The van der Waals surface area contributed by atoms with Gasteiger partial charge in [0.1, 0.15) is 0 Å². The third kappa shape index (κ3) is 1.62. The highest BCUT2D eigenvalue weighted by atomic mass is 32.1. The van der Waals surface area contributed by atoms with E-state index in [9.17, 15) is 0 Å². The molecule has 0 saturated heterocycles. The number of hydrogen-bond donors (Lipinski definition) is 1. The van der Waals surface area contributed by atoms with Gasteiger partial charge >= 0.3 is 0 Å². The third-order valence-electron chi connectivity index (χ3n) is 3.53. The lowest BCUT2D eigenvalue weighted by atomic mass is 10.2. The van der Waals surface area contributed by atoms with E-state index in [4.69, 9.17) is 5.73 Å². The summed E-state index contributed by atoms with van der Waals surface area (Å²) in [5.41, 5.74) is 10.3. The predicted octanol–water partition coefficient (Wildman–Crippen LogP) is 4.13. The van der Waals surface area contributed by atoms with Crippen molar-refractivity contribution in [3.8, 4) is 5.69 Å². The molecule has 4 heteroatoms. The Balaban J connectivity index is 2.03. The number of benzene rings is 2. The van der Waals surface area contributed by atoms with Crippen molar-refractivity contribution in [2.24, 2.45) is 0 Å². The zero-order valence-corrected chi connectivity index (χ0v) is 11.8. The Morgan fingerprint density at radius 1 is 1.10 bits per heavy atom. The van der Waals surface area contributed by atoms with E-state index < -0.39 is 0 Å². The van der Waals surface area contributed by atoms with Crippen LogP contribution in [0.15, 0.2) is 47.8 Å². The molecule has 2 N–H and O–H groups in total. The summed E-state index contributed by atoms with van der Waals surface area (Å²) in [5.74, 6) is 0.528. The third-order valence-corrected chi connectivity index (χ3v) is 4.43. The van der Waals surface area contributed by atoms with Crippen LogP contribution in [0.5, 0.6) is 0 Å². The number of anilines is 1. The van der Waals surface area contributed by atoms with Gasteiger partial charge in [-0.25, -0.2) is 4.98 Å². The van der Waals surface area contributed by atoms with E-state index in [2.05, 4.69) is 59.8 Å². The number of aryl methyl sites for hydroxylation is 1. The van der Waals surface area contributed by atoms with Crippen molar-refractivity contribution in [3.05, 3.63) is 53.4 Å². The predicted molar refractivity (Wildman–Crippen MR) is 85.6 cm³/mol. The molecule has 98 valence electrons. The minimum atomic E-state index is 0.528. The highest BCUT2D eigenvalue weighted by Crippen LogP contribution is 2.28. The summed E-state index contributed by atoms with van der Waals surface area (Å²) < 4.78 is 3.29. The first kappa shape index (κ1) is 11.5. The van der Waals surface area contributed by atoms with Gasteiger partial charge in [0.15, 0.2) is 0 Å². The molecule has 0 saturated carbocycles. The Morgan fingerprint density at radius 2 is 2.00 bits per heavy atom. The largest absolute Gasteiger partial charge is 0.369 e. The number of nitrogen functional groups attached to an aromatic ring is 1. The second kappa shape index (κ2) is 4.08. The minimum absolute atomic E-state index is 0.528. The highest BCUT2D eigenvalue weighted by molar-refractivity contribution is 7.17. The summed E-state index contributed by atoms with van der Waals surface area (Å²) in [6, 6.07) is 14.7. The van der Waals surface area contributed by atoms with Gasteiger partial charge in [-0.05, 0) is 59.7 Å². The number of imidazole rings is 1. The fourth-order valence-corrected chi connectivity index (χ4v) is 3.34. The molecule has 0 radical (unpaired) electrons. The molecule has 20 heavy (non-hydrogen) atoms. The van der Waals surface area contributed by atoms with Gasteiger partial charge < -0.3 is 5.73 Å². The lowest BCUT2D eigenvalue weighted by molar-refractivity contribution is 1.11. The van der Waals surface area contributed by atoms with Crippen molar-refractivity contribution in [3.63, 3.8) is 0 Å². The standard InChI is InChI=1S/C16H13N3S/c1-10-2-4-14-13(8-10)18-16(17)19(14)12-3-5-15-11(9-12)6-7-20-15/h2-9H,1H3,(H2,17,18). The fourth-order valence-electron chi connectivity index (χ4n) is 2.57. The van der Waals surface area contributed by atoms with Crippen molar-refractivity contribution in [2.75, 3.05) is 5.73 Å². The maximum absolute atomic E-state index is 6.11. The second-order valence-electron chi connectivity index (χ2n) is 4.94. The summed E-state index contributed by atoms with van der Waals surface area (Å²) >= 11 is 1.75. The Kier molecular flexibility index (Phi) is 2.35. The van der Waals surface area contributed by atoms with Crippen molar-refractivity contribution in [1.29, 1.82) is 0 Å². The molecular formula is C16H13N3S. The SMILES string of the molecule is Cc1ccc2c(c1)nc(N)n2-c1ccc2sccc2c1. The number of hydrogen-bond acceptors (Lipinski definition) is 3. The molecule has 4 aromatic rings. The van der Waals surface area contributed by atoms with Crippen LogP contribution >= 0.6 is 11.3 Å². The first-order chi connectivity index (χ1) is 9.72. The molecule has 0 bridgehead atoms. The first-order valence-corrected chi connectivity index (χ1v) is 7.32. The van der Waals surface area contributed by atoms with E-state index in [0.29, 0.717) is 5.95 Å². The highest BCUT2D eigenvalue weighted by Gasteiger charge is 2.10. The molecule has 0 unspecified atom stereocenters. The zero-order chi connectivity index (χ0) is 13.7. The van der Waals surface area contributed by atoms with Gasteiger partial charge in [-0.2, -0.15) is 0 Å².